The molecule has 5 N–H and O–H groups in total. The van der Waals surface area contributed by atoms with Gasteiger partial charge in [-0.25, -0.2) is 9.97 Å². The molecule has 0 saturated carbocycles. The lowest BCUT2D eigenvalue weighted by atomic mass is 10.1. The van der Waals surface area contributed by atoms with Crippen molar-refractivity contribution in [1.29, 1.82) is 0 Å². The minimum absolute atomic E-state index is 0.234. The molecule has 3 aromatic rings. The van der Waals surface area contributed by atoms with E-state index in [4.69, 9.17) is 11.6 Å². The summed E-state index contributed by atoms with van der Waals surface area (Å²) in [4.78, 5) is 13.0. The molecule has 7 nitrogen and oxygen atoms in total. The van der Waals surface area contributed by atoms with Crippen LogP contribution in [0.5, 0.6) is 0 Å². The molecule has 0 spiro atoms. The maximum atomic E-state index is 6.05. The average molecular weight is 347 g/mol. The monoisotopic (exact) mass is 347 g/mol. The van der Waals surface area contributed by atoms with Gasteiger partial charge in [0, 0.05) is 23.5 Å². The molecule has 0 amide bonds. The van der Waals surface area contributed by atoms with E-state index in [1.54, 1.807) is 18.6 Å². The summed E-state index contributed by atoms with van der Waals surface area (Å²) in [7, 11) is 0. The topological polar surface area (TPSA) is 115 Å². The van der Waals surface area contributed by atoms with Crippen LogP contribution in [-0.4, -0.2) is 20.8 Å². The number of benzene rings is 1. The maximum absolute atomic E-state index is 6.05. The van der Waals surface area contributed by atoms with Gasteiger partial charge in [-0.05, 0) is 32.0 Å². The largest absolute Gasteiger partial charge is 0.382 e. The quantitative estimate of drug-likeness (QED) is 0.289. The Morgan fingerprint density at radius 1 is 1.19 bits per heavy atom. The number of amidine groups is 1. The number of hydrogen-bond acceptors (Lipinski definition) is 6. The fourth-order valence-corrected chi connectivity index (χ4v) is 2.65. The van der Waals surface area contributed by atoms with Crippen molar-refractivity contribution >= 4 is 11.7 Å². The van der Waals surface area contributed by atoms with Crippen molar-refractivity contribution in [3.63, 3.8) is 0 Å². The van der Waals surface area contributed by atoms with Gasteiger partial charge in [0.2, 0.25) is 0 Å². The lowest BCUT2D eigenvalue weighted by Crippen LogP contribution is -2.30. The van der Waals surface area contributed by atoms with Crippen molar-refractivity contribution in [3.8, 4) is 11.3 Å². The van der Waals surface area contributed by atoms with E-state index in [1.165, 1.54) is 0 Å². The van der Waals surface area contributed by atoms with Crippen LogP contribution in [-0.2, 0) is 0 Å². The maximum Gasteiger partial charge on any atom is 0.153 e. The second-order valence-corrected chi connectivity index (χ2v) is 5.98. The normalized spacial score (nSPS) is 12.6. The van der Waals surface area contributed by atoms with E-state index in [1.807, 2.05) is 50.2 Å². The highest BCUT2D eigenvalue weighted by atomic mass is 15.2. The number of hydrogen-bond donors (Lipinski definition) is 3. The molecule has 0 radical (unpaired) electrons. The van der Waals surface area contributed by atoms with Gasteiger partial charge in [0.05, 0.1) is 17.9 Å². The third-order valence-electron chi connectivity index (χ3n) is 3.97. The molecule has 1 aromatic carbocycles. The van der Waals surface area contributed by atoms with E-state index in [9.17, 15) is 0 Å². The van der Waals surface area contributed by atoms with Crippen LogP contribution in [0.25, 0.3) is 11.3 Å². The van der Waals surface area contributed by atoms with Crippen LogP contribution in [0.2, 0.25) is 0 Å². The predicted molar refractivity (Wildman–Crippen MR) is 103 cm³/mol. The first-order chi connectivity index (χ1) is 12.6. The molecule has 2 heterocycles. The Balaban J connectivity index is 1.88. The number of nitrogens with two attached hydrogens (primary N) is 2. The number of aromatic nitrogens is 3. The van der Waals surface area contributed by atoms with Crippen molar-refractivity contribution in [3.05, 3.63) is 71.8 Å². The van der Waals surface area contributed by atoms with E-state index >= 15 is 0 Å². The summed E-state index contributed by atoms with van der Waals surface area (Å²) in [5.74, 6) is 6.51. The van der Waals surface area contributed by atoms with E-state index < -0.39 is 0 Å². The lowest BCUT2D eigenvalue weighted by molar-refractivity contribution is 0.689. The predicted octanol–water partition coefficient (Wildman–Crippen LogP) is 2.40. The molecular weight excluding hydrogens is 326 g/mol. The van der Waals surface area contributed by atoms with Crippen LogP contribution < -0.4 is 16.9 Å². The summed E-state index contributed by atoms with van der Waals surface area (Å²) in [6.45, 7) is 3.95. The molecule has 1 atom stereocenters. The van der Waals surface area contributed by atoms with E-state index in [-0.39, 0.29) is 6.04 Å². The molecule has 0 aliphatic carbocycles. The summed E-state index contributed by atoms with van der Waals surface area (Å²) in [6.07, 6.45) is 5.09. The molecule has 1 unspecified atom stereocenters. The molecule has 0 bridgehead atoms. The Labute approximate surface area is 152 Å². The number of hydrazone groups is 1. The van der Waals surface area contributed by atoms with Gasteiger partial charge in [-0.3, -0.25) is 4.98 Å². The summed E-state index contributed by atoms with van der Waals surface area (Å²) in [5.41, 5.74) is 10.3. The Bertz CT molecular complexity index is 922. The number of aryl methyl sites for hydroxylation is 1. The van der Waals surface area contributed by atoms with Crippen LogP contribution in [0.4, 0.5) is 5.82 Å². The molecule has 26 heavy (non-hydrogen) atoms. The third kappa shape index (κ3) is 3.77. The first-order valence-corrected chi connectivity index (χ1v) is 8.22. The number of nitrogen functional groups attached to an aromatic ring is 1. The highest BCUT2D eigenvalue weighted by Gasteiger charge is 2.16. The van der Waals surface area contributed by atoms with Crippen molar-refractivity contribution in [2.75, 3.05) is 5.73 Å². The zero-order chi connectivity index (χ0) is 18.5. The van der Waals surface area contributed by atoms with Crippen LogP contribution in [0.1, 0.15) is 29.8 Å². The van der Waals surface area contributed by atoms with Gasteiger partial charge in [-0.2, -0.15) is 5.10 Å². The Morgan fingerprint density at radius 3 is 2.73 bits per heavy atom. The minimum atomic E-state index is -0.234. The van der Waals surface area contributed by atoms with Crippen molar-refractivity contribution < 1.29 is 0 Å². The summed E-state index contributed by atoms with van der Waals surface area (Å²) in [5, 5.41) is 7.15. The standard InChI is InChI=1S/C19H21N7/c1-12-5-3-6-14(9-12)19(26-21)24-13(2)17-18(20)23-11-16(25-17)15-7-4-8-22-10-15/h3-11,13H,21H2,1-2H3,(H2,20,23)(H,24,26). The van der Waals surface area contributed by atoms with E-state index in [0.29, 0.717) is 23.0 Å². The number of nitrogens with one attached hydrogen (secondary N) is 1. The first kappa shape index (κ1) is 17.3. The molecular formula is C19H21N7. The summed E-state index contributed by atoms with van der Waals surface area (Å²) < 4.78 is 0. The van der Waals surface area contributed by atoms with Gasteiger partial charge in [0.15, 0.2) is 5.84 Å². The van der Waals surface area contributed by atoms with Crippen LogP contribution in [0.15, 0.2) is 60.1 Å². The van der Waals surface area contributed by atoms with Crippen LogP contribution in [0.3, 0.4) is 0 Å². The highest BCUT2D eigenvalue weighted by molar-refractivity contribution is 5.99. The third-order valence-corrected chi connectivity index (χ3v) is 3.97. The summed E-state index contributed by atoms with van der Waals surface area (Å²) in [6, 6.07) is 11.5. The highest BCUT2D eigenvalue weighted by Crippen LogP contribution is 2.22. The van der Waals surface area contributed by atoms with Gasteiger partial charge in [-0.1, -0.05) is 23.8 Å². The van der Waals surface area contributed by atoms with Gasteiger partial charge in [0.25, 0.3) is 0 Å². The number of rotatable bonds is 4. The molecule has 7 heteroatoms. The van der Waals surface area contributed by atoms with E-state index in [0.717, 1.165) is 16.7 Å². The van der Waals surface area contributed by atoms with Crippen molar-refractivity contribution in [1.82, 2.24) is 20.3 Å². The molecule has 0 aliphatic rings. The molecule has 3 rings (SSSR count). The van der Waals surface area contributed by atoms with Gasteiger partial charge in [0.1, 0.15) is 11.5 Å². The number of nitrogens with zero attached hydrogens (tertiary/aromatic N) is 4. The Kier molecular flexibility index (Phi) is 5.07. The smallest absolute Gasteiger partial charge is 0.153 e. The van der Waals surface area contributed by atoms with Crippen LogP contribution >= 0.6 is 0 Å². The number of pyridine rings is 1. The average Bonchev–Trinajstić information content (AvgIpc) is 2.67. The molecule has 0 saturated heterocycles. The molecule has 132 valence electrons. The van der Waals surface area contributed by atoms with Gasteiger partial charge < -0.3 is 16.9 Å². The summed E-state index contributed by atoms with van der Waals surface area (Å²) >= 11 is 0. The fraction of sp³-hybridized carbons (Fsp3) is 0.158. The Morgan fingerprint density at radius 2 is 2.04 bits per heavy atom. The molecule has 0 aliphatic heterocycles. The van der Waals surface area contributed by atoms with Crippen LogP contribution in [0, 0.1) is 6.92 Å². The second kappa shape index (κ2) is 7.60. The zero-order valence-corrected chi connectivity index (χ0v) is 14.7. The van der Waals surface area contributed by atoms with Gasteiger partial charge in [-0.15, -0.1) is 0 Å². The SMILES string of the molecule is Cc1cccc(/C(=N/N)NC(C)c2nc(-c3cccnc3)cnc2N)c1. The minimum Gasteiger partial charge on any atom is -0.382 e. The van der Waals surface area contributed by atoms with Gasteiger partial charge >= 0.3 is 0 Å². The lowest BCUT2D eigenvalue weighted by Gasteiger charge is -2.18. The van der Waals surface area contributed by atoms with Crippen molar-refractivity contribution in [2.24, 2.45) is 10.9 Å². The first-order valence-electron chi connectivity index (χ1n) is 8.22. The Hall–Kier alpha value is -3.48. The number of anilines is 1. The fourth-order valence-electron chi connectivity index (χ4n) is 2.65. The zero-order valence-electron chi connectivity index (χ0n) is 14.7. The molecule has 2 aromatic heterocycles. The van der Waals surface area contributed by atoms with E-state index in [2.05, 4.69) is 25.4 Å². The van der Waals surface area contributed by atoms with Crippen molar-refractivity contribution in [2.45, 2.75) is 19.9 Å². The second-order valence-electron chi connectivity index (χ2n) is 5.98. The molecule has 0 fully saturated rings.